The molecule has 0 aliphatic rings. The molecule has 0 spiro atoms. The number of carbonyl (C=O) groups is 2. The third-order valence-corrected chi connectivity index (χ3v) is 5.08. The zero-order valence-corrected chi connectivity index (χ0v) is 18.1. The summed E-state index contributed by atoms with van der Waals surface area (Å²) in [7, 11) is 0. The van der Waals surface area contributed by atoms with Crippen LogP contribution in [0.1, 0.15) is 26.3 Å². The summed E-state index contributed by atoms with van der Waals surface area (Å²) in [6.07, 6.45) is 0. The van der Waals surface area contributed by atoms with Gasteiger partial charge in [0.05, 0.1) is 31.0 Å². The summed E-state index contributed by atoms with van der Waals surface area (Å²) in [5.74, 6) is -1.09. The largest absolute Gasteiger partial charge is 0.348 e. The molecule has 3 aromatic carbocycles. The van der Waals surface area contributed by atoms with E-state index in [2.05, 4.69) is 10.6 Å². The Morgan fingerprint density at radius 2 is 1.33 bits per heavy atom. The molecule has 3 aromatic rings. The van der Waals surface area contributed by atoms with Crippen molar-refractivity contribution in [2.75, 3.05) is 5.32 Å². The highest BCUT2D eigenvalue weighted by atomic mass is 35.5. The number of nitrogens with one attached hydrogen (secondary N) is 2. The molecule has 0 atom stereocenters. The predicted octanol–water partition coefficient (Wildman–Crippen LogP) is 4.99. The molecule has 2 N–H and O–H groups in total. The number of hydrogen-bond acceptors (Lipinski definition) is 6. The van der Waals surface area contributed by atoms with Crippen molar-refractivity contribution in [1.82, 2.24) is 5.32 Å². The lowest BCUT2D eigenvalue weighted by Crippen LogP contribution is -2.23. The highest BCUT2D eigenvalue weighted by molar-refractivity contribution is 6.35. The third kappa shape index (κ3) is 5.82. The normalized spacial score (nSPS) is 10.4. The summed E-state index contributed by atoms with van der Waals surface area (Å²) in [5, 5.41) is 26.8. The first-order valence-corrected chi connectivity index (χ1v) is 9.97. The van der Waals surface area contributed by atoms with E-state index in [1.807, 2.05) is 0 Å². The topological polar surface area (TPSA) is 144 Å². The fourth-order valence-electron chi connectivity index (χ4n) is 2.84. The SMILES string of the molecule is O=C(NCc1cccc(NC(=O)c2ccc([N+](=O)[O-])cc2Cl)c1)c1ccc([N+](=O)[O-])cc1Cl. The number of rotatable bonds is 7. The van der Waals surface area contributed by atoms with Crippen molar-refractivity contribution in [1.29, 1.82) is 0 Å². The molecule has 0 unspecified atom stereocenters. The van der Waals surface area contributed by atoms with E-state index in [0.717, 1.165) is 12.1 Å². The minimum absolute atomic E-state index is 0.0531. The number of carbonyl (C=O) groups excluding carboxylic acids is 2. The van der Waals surface area contributed by atoms with Crippen LogP contribution < -0.4 is 10.6 Å². The van der Waals surface area contributed by atoms with E-state index in [9.17, 15) is 29.8 Å². The fourth-order valence-corrected chi connectivity index (χ4v) is 3.36. The first kappa shape index (κ1) is 23.6. The molecule has 0 aliphatic carbocycles. The second-order valence-corrected chi connectivity index (χ2v) is 7.49. The molecule has 0 saturated heterocycles. The molecule has 0 radical (unpaired) electrons. The molecule has 0 bridgehead atoms. The van der Waals surface area contributed by atoms with Crippen LogP contribution in [0.3, 0.4) is 0 Å². The average molecular weight is 489 g/mol. The molecule has 168 valence electrons. The van der Waals surface area contributed by atoms with Crippen LogP contribution in [-0.4, -0.2) is 21.7 Å². The first-order chi connectivity index (χ1) is 15.7. The van der Waals surface area contributed by atoms with Gasteiger partial charge >= 0.3 is 0 Å². The molecule has 0 saturated carbocycles. The number of amides is 2. The minimum atomic E-state index is -0.616. The maximum absolute atomic E-state index is 12.5. The van der Waals surface area contributed by atoms with Gasteiger partial charge in [-0.05, 0) is 29.8 Å². The Bertz CT molecular complexity index is 1280. The summed E-state index contributed by atoms with van der Waals surface area (Å²) in [4.78, 5) is 45.2. The Morgan fingerprint density at radius 3 is 1.85 bits per heavy atom. The molecule has 33 heavy (non-hydrogen) atoms. The lowest BCUT2D eigenvalue weighted by Gasteiger charge is -2.10. The van der Waals surface area contributed by atoms with Crippen LogP contribution in [0.15, 0.2) is 60.7 Å². The average Bonchev–Trinajstić information content (AvgIpc) is 2.77. The number of halogens is 2. The lowest BCUT2D eigenvalue weighted by atomic mass is 10.1. The van der Waals surface area contributed by atoms with E-state index in [-0.39, 0.29) is 39.1 Å². The van der Waals surface area contributed by atoms with Gasteiger partial charge in [-0.25, -0.2) is 0 Å². The van der Waals surface area contributed by atoms with Gasteiger partial charge in [0.15, 0.2) is 0 Å². The van der Waals surface area contributed by atoms with Crippen LogP contribution in [0, 0.1) is 20.2 Å². The zero-order chi connectivity index (χ0) is 24.1. The van der Waals surface area contributed by atoms with Crippen molar-refractivity contribution in [3.8, 4) is 0 Å². The van der Waals surface area contributed by atoms with Crippen LogP contribution in [-0.2, 0) is 6.54 Å². The van der Waals surface area contributed by atoms with Crippen LogP contribution in [0.5, 0.6) is 0 Å². The van der Waals surface area contributed by atoms with Crippen molar-refractivity contribution in [3.05, 3.63) is 108 Å². The number of anilines is 1. The molecule has 12 heteroatoms. The van der Waals surface area contributed by atoms with Crippen molar-refractivity contribution < 1.29 is 19.4 Å². The lowest BCUT2D eigenvalue weighted by molar-refractivity contribution is -0.385. The van der Waals surface area contributed by atoms with Gasteiger partial charge in [-0.15, -0.1) is 0 Å². The molecule has 0 aliphatic heterocycles. The van der Waals surface area contributed by atoms with Crippen LogP contribution in [0.2, 0.25) is 10.0 Å². The van der Waals surface area contributed by atoms with E-state index < -0.39 is 21.7 Å². The maximum Gasteiger partial charge on any atom is 0.270 e. The summed E-state index contributed by atoms with van der Waals surface area (Å²) >= 11 is 12.0. The third-order valence-electron chi connectivity index (χ3n) is 4.45. The molecule has 0 aromatic heterocycles. The number of nitro groups is 2. The van der Waals surface area contributed by atoms with Gasteiger partial charge in [0.1, 0.15) is 0 Å². The van der Waals surface area contributed by atoms with Crippen LogP contribution >= 0.6 is 23.2 Å². The second-order valence-electron chi connectivity index (χ2n) is 6.68. The smallest absolute Gasteiger partial charge is 0.270 e. The Morgan fingerprint density at radius 1 is 0.788 bits per heavy atom. The number of nitro benzene ring substituents is 2. The molecular weight excluding hydrogens is 475 g/mol. The van der Waals surface area contributed by atoms with Gasteiger partial charge in [-0.2, -0.15) is 0 Å². The van der Waals surface area contributed by atoms with Gasteiger partial charge in [0.2, 0.25) is 0 Å². The van der Waals surface area contributed by atoms with Gasteiger partial charge in [-0.3, -0.25) is 29.8 Å². The summed E-state index contributed by atoms with van der Waals surface area (Å²) in [6.45, 7) is 0.0914. The Labute approximate surface area is 196 Å². The van der Waals surface area contributed by atoms with Gasteiger partial charge in [-0.1, -0.05) is 35.3 Å². The molecule has 2 amide bonds. The molecule has 10 nitrogen and oxygen atoms in total. The summed E-state index contributed by atoms with van der Waals surface area (Å²) in [5.41, 5.74) is 0.743. The highest BCUT2D eigenvalue weighted by Gasteiger charge is 2.16. The Kier molecular flexibility index (Phi) is 7.21. The molecule has 3 rings (SSSR count). The monoisotopic (exact) mass is 488 g/mol. The van der Waals surface area contributed by atoms with Crippen molar-refractivity contribution >= 4 is 52.1 Å². The second kappa shape index (κ2) is 10.1. The molecule has 0 heterocycles. The first-order valence-electron chi connectivity index (χ1n) is 9.22. The Hall–Kier alpha value is -4.02. The van der Waals surface area contributed by atoms with Gasteiger partial charge in [0.25, 0.3) is 23.2 Å². The molecule has 0 fully saturated rings. The van der Waals surface area contributed by atoms with Crippen molar-refractivity contribution in [2.45, 2.75) is 6.54 Å². The standard InChI is InChI=1S/C21H14Cl2N4O6/c22-18-9-14(26(30)31)4-6-16(18)20(28)24-11-12-2-1-3-13(8-12)25-21(29)17-7-5-15(27(32)33)10-19(17)23/h1-10H,11H2,(H,24,28)(H,25,29). The van der Waals surface area contributed by atoms with E-state index in [4.69, 9.17) is 23.2 Å². The van der Waals surface area contributed by atoms with Crippen molar-refractivity contribution in [3.63, 3.8) is 0 Å². The van der Waals surface area contributed by atoms with Gasteiger partial charge < -0.3 is 10.6 Å². The Balaban J connectivity index is 1.66. The predicted molar refractivity (Wildman–Crippen MR) is 122 cm³/mol. The number of non-ortho nitro benzene ring substituents is 2. The zero-order valence-electron chi connectivity index (χ0n) is 16.6. The number of benzene rings is 3. The molecular formula is C21H14Cl2N4O6. The van der Waals surface area contributed by atoms with E-state index in [0.29, 0.717) is 11.3 Å². The van der Waals surface area contributed by atoms with E-state index in [1.54, 1.807) is 24.3 Å². The van der Waals surface area contributed by atoms with E-state index in [1.165, 1.54) is 24.3 Å². The number of nitrogens with zero attached hydrogens (tertiary/aromatic N) is 2. The maximum atomic E-state index is 12.5. The minimum Gasteiger partial charge on any atom is -0.348 e. The number of hydrogen-bond donors (Lipinski definition) is 2. The van der Waals surface area contributed by atoms with E-state index >= 15 is 0 Å². The van der Waals surface area contributed by atoms with Crippen LogP contribution in [0.25, 0.3) is 0 Å². The summed E-state index contributed by atoms with van der Waals surface area (Å²) in [6, 6.07) is 13.7. The van der Waals surface area contributed by atoms with Crippen LogP contribution in [0.4, 0.5) is 17.1 Å². The quantitative estimate of drug-likeness (QED) is 0.353. The van der Waals surface area contributed by atoms with Crippen molar-refractivity contribution in [2.24, 2.45) is 0 Å². The summed E-state index contributed by atoms with van der Waals surface area (Å²) < 4.78 is 0. The van der Waals surface area contributed by atoms with Gasteiger partial charge in [0, 0.05) is 36.5 Å². The highest BCUT2D eigenvalue weighted by Crippen LogP contribution is 2.24. The fraction of sp³-hybridized carbons (Fsp3) is 0.0476.